The topological polar surface area (TPSA) is 41.9 Å². The maximum Gasteiger partial charge on any atom is 0.573 e. The summed E-state index contributed by atoms with van der Waals surface area (Å²) < 4.78 is 41.0. The Bertz CT molecular complexity index is 672. The number of nitrogens with zero attached hydrogens (tertiary/aromatic N) is 3. The van der Waals surface area contributed by atoms with Crippen molar-refractivity contribution in [3.8, 4) is 5.75 Å². The number of quaternary nitrogens is 1. The molecule has 2 aliphatic heterocycles. The van der Waals surface area contributed by atoms with Crippen LogP contribution in [0.3, 0.4) is 0 Å². The molecule has 5 nitrogen and oxygen atoms in total. The largest absolute Gasteiger partial charge is 0.573 e. The number of benzene rings is 1. The number of halogens is 3. The first kappa shape index (κ1) is 14.8. The maximum atomic E-state index is 12.6. The molecule has 2 aliphatic rings. The van der Waals surface area contributed by atoms with Gasteiger partial charge in [0.2, 0.25) is 5.84 Å². The summed E-state index contributed by atoms with van der Waals surface area (Å²) in [5.41, 5.74) is 1.04. The van der Waals surface area contributed by atoms with Crippen LogP contribution in [0.4, 0.5) is 23.7 Å². The van der Waals surface area contributed by atoms with Gasteiger partial charge in [0.15, 0.2) is 0 Å². The Kier molecular flexibility index (Phi) is 3.17. The molecule has 0 saturated carbocycles. The lowest BCUT2D eigenvalue weighted by Crippen LogP contribution is -2.63. The van der Waals surface area contributed by atoms with Crippen LogP contribution in [0.1, 0.15) is 12.0 Å². The Hall–Kier alpha value is -2.09. The van der Waals surface area contributed by atoms with Gasteiger partial charge in [0.25, 0.3) is 0 Å². The molecular formula is C14H15F3N3O2+. The molecule has 0 spiro atoms. The number of amides is 2. The zero-order valence-electron chi connectivity index (χ0n) is 12.1. The van der Waals surface area contributed by atoms with E-state index in [0.717, 1.165) is 6.42 Å². The van der Waals surface area contributed by atoms with Gasteiger partial charge in [-0.1, -0.05) is 0 Å². The highest BCUT2D eigenvalue weighted by Gasteiger charge is 2.48. The number of amidine groups is 1. The molecule has 0 saturated heterocycles. The third kappa shape index (κ3) is 2.23. The van der Waals surface area contributed by atoms with Gasteiger partial charge >= 0.3 is 12.4 Å². The van der Waals surface area contributed by atoms with Gasteiger partial charge in [-0.15, -0.1) is 13.2 Å². The highest BCUT2D eigenvalue weighted by atomic mass is 19.4. The van der Waals surface area contributed by atoms with Gasteiger partial charge in [-0.2, -0.15) is 4.48 Å². The molecule has 0 fully saturated rings. The summed E-state index contributed by atoms with van der Waals surface area (Å²) in [6, 6.07) is 3.79. The van der Waals surface area contributed by atoms with Crippen molar-refractivity contribution in [2.24, 2.45) is 4.99 Å². The summed E-state index contributed by atoms with van der Waals surface area (Å²) in [6.45, 7) is 1.24. The Morgan fingerprint density at radius 1 is 1.36 bits per heavy atom. The van der Waals surface area contributed by atoms with Crippen LogP contribution < -0.4 is 9.64 Å². The highest BCUT2D eigenvalue weighted by Crippen LogP contribution is 2.37. The molecule has 0 N–H and O–H groups in total. The number of hydrogen-bond acceptors (Lipinski definition) is 3. The van der Waals surface area contributed by atoms with Gasteiger partial charge < -0.3 is 4.74 Å². The summed E-state index contributed by atoms with van der Waals surface area (Å²) in [5.74, 6) is 0.251. The summed E-state index contributed by atoms with van der Waals surface area (Å²) in [4.78, 5) is 18.4. The van der Waals surface area contributed by atoms with Crippen LogP contribution in [0, 0.1) is 0 Å². The third-order valence-electron chi connectivity index (χ3n) is 4.01. The van der Waals surface area contributed by atoms with Crippen LogP contribution in [-0.4, -0.2) is 49.9 Å². The van der Waals surface area contributed by atoms with Gasteiger partial charge in [-0.05, 0) is 12.1 Å². The van der Waals surface area contributed by atoms with E-state index in [2.05, 4.69) is 9.73 Å². The number of anilines is 1. The second-order valence-electron chi connectivity index (χ2n) is 5.54. The normalized spacial score (nSPS) is 24.5. The quantitative estimate of drug-likeness (QED) is 0.748. The Labute approximate surface area is 125 Å². The van der Waals surface area contributed by atoms with E-state index < -0.39 is 6.36 Å². The third-order valence-corrected chi connectivity index (χ3v) is 4.01. The van der Waals surface area contributed by atoms with Gasteiger partial charge in [0.1, 0.15) is 5.75 Å². The fourth-order valence-electron chi connectivity index (χ4n) is 2.98. The number of urea groups is 1. The van der Waals surface area contributed by atoms with Crippen LogP contribution in [0.15, 0.2) is 23.2 Å². The maximum absolute atomic E-state index is 12.6. The van der Waals surface area contributed by atoms with E-state index in [1.807, 2.05) is 0 Å². The van der Waals surface area contributed by atoms with Gasteiger partial charge in [-0.3, -0.25) is 4.90 Å². The predicted molar refractivity (Wildman–Crippen MR) is 74.0 cm³/mol. The van der Waals surface area contributed by atoms with Gasteiger partial charge in [0, 0.05) is 19.5 Å². The van der Waals surface area contributed by atoms with Crippen molar-refractivity contribution < 1.29 is 27.2 Å². The van der Waals surface area contributed by atoms with Gasteiger partial charge in [0.05, 0.1) is 31.4 Å². The molecule has 1 aromatic rings. The first-order chi connectivity index (χ1) is 10.2. The Morgan fingerprint density at radius 2 is 2.09 bits per heavy atom. The van der Waals surface area contributed by atoms with Crippen LogP contribution in [-0.2, 0) is 0 Å². The summed E-state index contributed by atoms with van der Waals surface area (Å²) >= 11 is 0. The van der Waals surface area contributed by atoms with E-state index in [4.69, 9.17) is 0 Å². The van der Waals surface area contributed by atoms with Crippen LogP contribution in [0.5, 0.6) is 5.75 Å². The number of ether oxygens (including phenoxy) is 1. The van der Waals surface area contributed by atoms with Gasteiger partial charge in [-0.25, -0.2) is 9.79 Å². The first-order valence-corrected chi connectivity index (χ1v) is 6.81. The second-order valence-corrected chi connectivity index (χ2v) is 5.54. The van der Waals surface area contributed by atoms with E-state index in [1.54, 1.807) is 14.1 Å². The van der Waals surface area contributed by atoms with Crippen molar-refractivity contribution in [2.45, 2.75) is 12.8 Å². The van der Waals surface area contributed by atoms with E-state index in [1.165, 1.54) is 23.1 Å². The van der Waals surface area contributed by atoms with Crippen molar-refractivity contribution in [1.82, 2.24) is 0 Å². The lowest BCUT2D eigenvalue weighted by Gasteiger charge is -2.41. The number of alkyl halides is 3. The minimum absolute atomic E-state index is 0.0446. The number of fused-ring (bicyclic) bond motifs is 3. The summed E-state index contributed by atoms with van der Waals surface area (Å²) in [7, 11) is 3.33. The monoisotopic (exact) mass is 314 g/mol. The Morgan fingerprint density at radius 3 is 2.77 bits per heavy atom. The minimum Gasteiger partial charge on any atom is -0.406 e. The molecule has 1 aromatic carbocycles. The average Bonchev–Trinajstić information content (AvgIpc) is 2.44. The molecule has 8 heteroatoms. The van der Waals surface area contributed by atoms with E-state index in [9.17, 15) is 18.0 Å². The lowest BCUT2D eigenvalue weighted by atomic mass is 10.0. The zero-order chi connectivity index (χ0) is 16.1. The molecule has 118 valence electrons. The SMILES string of the molecule is CN1C(=O)[N+]2(C)CCCN=C2c2ccc(OC(F)(F)F)cc21. The molecular weight excluding hydrogens is 299 g/mol. The Balaban J connectivity index is 2.10. The van der Waals surface area contributed by atoms with Crippen molar-refractivity contribution in [2.75, 3.05) is 32.1 Å². The number of aliphatic imine (C=N–C) groups is 1. The standard InChI is InChI=1S/C14H15F3N3O2/c1-19-11-8-9(22-14(15,16)17)4-5-10(11)12-18-6-3-7-20(12,2)13(19)21/h4-5,8H,3,6-7H2,1-2H3/q+1. The average molecular weight is 314 g/mol. The molecule has 3 rings (SSSR count). The van der Waals surface area contributed by atoms with Crippen molar-refractivity contribution in [1.29, 1.82) is 0 Å². The van der Waals surface area contributed by atoms with E-state index >= 15 is 0 Å². The van der Waals surface area contributed by atoms with Crippen molar-refractivity contribution in [3.05, 3.63) is 23.8 Å². The molecule has 22 heavy (non-hydrogen) atoms. The number of hydrogen-bond donors (Lipinski definition) is 0. The van der Waals surface area contributed by atoms with E-state index in [-0.39, 0.29) is 16.3 Å². The number of carbonyl (C=O) groups is 1. The summed E-state index contributed by atoms with van der Waals surface area (Å²) in [6.07, 6.45) is -3.97. The van der Waals surface area contributed by atoms with Crippen LogP contribution in [0.25, 0.3) is 0 Å². The van der Waals surface area contributed by atoms with Crippen LogP contribution in [0.2, 0.25) is 0 Å². The van der Waals surface area contributed by atoms with Crippen molar-refractivity contribution >= 4 is 17.6 Å². The molecule has 0 radical (unpaired) electrons. The summed E-state index contributed by atoms with van der Waals surface area (Å²) in [5, 5.41) is 0. The van der Waals surface area contributed by atoms with Crippen molar-refractivity contribution in [3.63, 3.8) is 0 Å². The lowest BCUT2D eigenvalue weighted by molar-refractivity contribution is -0.736. The van der Waals surface area contributed by atoms with E-state index in [0.29, 0.717) is 30.2 Å². The zero-order valence-corrected chi connectivity index (χ0v) is 12.1. The molecule has 2 heterocycles. The number of carbonyl (C=O) groups excluding carboxylic acids is 1. The van der Waals surface area contributed by atoms with Crippen LogP contribution >= 0.6 is 0 Å². The minimum atomic E-state index is -4.77. The highest BCUT2D eigenvalue weighted by molar-refractivity contribution is 6.12. The predicted octanol–water partition coefficient (Wildman–Crippen LogP) is 2.75. The first-order valence-electron chi connectivity index (χ1n) is 6.81. The molecule has 2 amide bonds. The fraction of sp³-hybridized carbons (Fsp3) is 0.429. The molecule has 1 unspecified atom stereocenters. The smallest absolute Gasteiger partial charge is 0.406 e. The fourth-order valence-corrected chi connectivity index (χ4v) is 2.98. The molecule has 0 aromatic heterocycles. The molecule has 1 atom stereocenters. The molecule has 0 aliphatic carbocycles. The molecule has 0 bridgehead atoms. The number of rotatable bonds is 1. The second kappa shape index (κ2) is 4.70.